The van der Waals surface area contributed by atoms with Crippen molar-refractivity contribution in [2.24, 2.45) is 11.1 Å². The standard InChI is InChI=1S/C15H28NO4PSi/c1-7-18-21(17,19-8-2)15-11(3)16-20-12-9-10-13(14(12)15)22(4,5)6/h9-10,12-15H,7-8H2,1-6H3/t12-,13-,14-,15+/m1/s1. The zero-order valence-electron chi connectivity index (χ0n) is 14.4. The Kier molecular flexibility index (Phi) is 5.37. The first kappa shape index (κ1) is 17.9. The smallest absolute Gasteiger partial charge is 0.339 e. The second-order valence-corrected chi connectivity index (χ2v) is 14.5. The van der Waals surface area contributed by atoms with Gasteiger partial charge in [-0.2, -0.15) is 0 Å². The maximum Gasteiger partial charge on any atom is 0.339 e. The Morgan fingerprint density at radius 1 is 1.23 bits per heavy atom. The Morgan fingerprint density at radius 3 is 2.32 bits per heavy atom. The van der Waals surface area contributed by atoms with Gasteiger partial charge in [0.15, 0.2) is 0 Å². The third-order valence-corrected chi connectivity index (χ3v) is 9.58. The number of hydrogen-bond acceptors (Lipinski definition) is 5. The highest BCUT2D eigenvalue weighted by atomic mass is 31.2. The van der Waals surface area contributed by atoms with Gasteiger partial charge in [0.1, 0.15) is 11.8 Å². The Balaban J connectivity index is 2.43. The highest BCUT2D eigenvalue weighted by molar-refractivity contribution is 7.55. The molecule has 5 nitrogen and oxygen atoms in total. The highest BCUT2D eigenvalue weighted by Gasteiger charge is 2.55. The molecule has 1 heterocycles. The van der Waals surface area contributed by atoms with E-state index in [4.69, 9.17) is 13.9 Å². The first-order chi connectivity index (χ1) is 10.2. The van der Waals surface area contributed by atoms with Crippen molar-refractivity contribution in [3.05, 3.63) is 12.2 Å². The first-order valence-corrected chi connectivity index (χ1v) is 13.2. The van der Waals surface area contributed by atoms with E-state index in [-0.39, 0.29) is 17.7 Å². The molecule has 1 aliphatic carbocycles. The van der Waals surface area contributed by atoms with Crippen molar-refractivity contribution >= 4 is 21.4 Å². The molecule has 22 heavy (non-hydrogen) atoms. The minimum atomic E-state index is -3.26. The summed E-state index contributed by atoms with van der Waals surface area (Å²) in [6.45, 7) is 13.3. The van der Waals surface area contributed by atoms with Crippen LogP contribution in [0.25, 0.3) is 0 Å². The van der Waals surface area contributed by atoms with Crippen molar-refractivity contribution in [2.75, 3.05) is 13.2 Å². The van der Waals surface area contributed by atoms with Crippen LogP contribution in [0.3, 0.4) is 0 Å². The van der Waals surface area contributed by atoms with Crippen LogP contribution < -0.4 is 0 Å². The molecule has 1 aliphatic heterocycles. The summed E-state index contributed by atoms with van der Waals surface area (Å²) in [6, 6.07) is 0. The topological polar surface area (TPSA) is 57.1 Å². The molecule has 0 amide bonds. The van der Waals surface area contributed by atoms with Gasteiger partial charge < -0.3 is 13.9 Å². The van der Waals surface area contributed by atoms with Crippen LogP contribution in [0, 0.1) is 5.92 Å². The summed E-state index contributed by atoms with van der Waals surface area (Å²) in [5, 5.41) is 4.15. The molecule has 2 aliphatic rings. The molecule has 0 unspecified atom stereocenters. The average molecular weight is 345 g/mol. The Hall–Kier alpha value is -0.423. The molecule has 0 N–H and O–H groups in total. The summed E-state index contributed by atoms with van der Waals surface area (Å²) in [4.78, 5) is 5.61. The van der Waals surface area contributed by atoms with E-state index in [1.807, 2.05) is 20.8 Å². The molecule has 0 aromatic carbocycles. The van der Waals surface area contributed by atoms with Crippen LogP contribution in [0.15, 0.2) is 17.3 Å². The molecular weight excluding hydrogens is 317 g/mol. The molecule has 4 atom stereocenters. The monoisotopic (exact) mass is 345 g/mol. The number of allylic oxidation sites excluding steroid dienone is 1. The van der Waals surface area contributed by atoms with Crippen LogP contribution in [-0.4, -0.2) is 38.8 Å². The van der Waals surface area contributed by atoms with Crippen LogP contribution in [0.2, 0.25) is 25.2 Å². The molecule has 0 saturated heterocycles. The number of oxime groups is 1. The lowest BCUT2D eigenvalue weighted by molar-refractivity contribution is 0.0422. The number of nitrogens with zero attached hydrogens (tertiary/aromatic N) is 1. The van der Waals surface area contributed by atoms with Gasteiger partial charge in [0, 0.05) is 5.92 Å². The van der Waals surface area contributed by atoms with Gasteiger partial charge in [0.05, 0.1) is 27.0 Å². The van der Waals surface area contributed by atoms with Crippen LogP contribution in [-0.2, 0) is 18.5 Å². The van der Waals surface area contributed by atoms with E-state index in [1.165, 1.54) is 0 Å². The Morgan fingerprint density at radius 2 is 1.82 bits per heavy atom. The minimum Gasteiger partial charge on any atom is -0.388 e. The summed E-state index contributed by atoms with van der Waals surface area (Å²) in [5.74, 6) is 0.0908. The SMILES string of the molecule is CCOP(=O)(OCC)[C@H]1C(C)=NO[C@@H]2C=C[C@@H]([Si](C)(C)C)[C@@H]21. The molecule has 0 bridgehead atoms. The van der Waals surface area contributed by atoms with E-state index in [2.05, 4.69) is 36.9 Å². The summed E-state index contributed by atoms with van der Waals surface area (Å²) < 4.78 is 24.7. The zero-order valence-corrected chi connectivity index (χ0v) is 16.3. The fourth-order valence-corrected chi connectivity index (χ4v) is 8.30. The largest absolute Gasteiger partial charge is 0.388 e. The van der Waals surface area contributed by atoms with Crippen molar-refractivity contribution in [1.82, 2.24) is 0 Å². The maximum absolute atomic E-state index is 13.4. The molecule has 0 spiro atoms. The van der Waals surface area contributed by atoms with Crippen LogP contribution >= 0.6 is 7.60 Å². The van der Waals surface area contributed by atoms with Crippen molar-refractivity contribution in [1.29, 1.82) is 0 Å². The molecule has 0 aromatic heterocycles. The van der Waals surface area contributed by atoms with Crippen LogP contribution in [0.1, 0.15) is 20.8 Å². The van der Waals surface area contributed by atoms with Gasteiger partial charge in [0.2, 0.25) is 0 Å². The van der Waals surface area contributed by atoms with Gasteiger partial charge in [-0.25, -0.2) is 0 Å². The lowest BCUT2D eigenvalue weighted by Crippen LogP contribution is -2.46. The van der Waals surface area contributed by atoms with Crippen molar-refractivity contribution in [3.8, 4) is 0 Å². The minimum absolute atomic E-state index is 0.0908. The van der Waals surface area contributed by atoms with Gasteiger partial charge in [-0.15, -0.1) is 0 Å². The summed E-state index contributed by atoms with van der Waals surface area (Å²) >= 11 is 0. The van der Waals surface area contributed by atoms with Crippen molar-refractivity contribution in [2.45, 2.75) is 57.7 Å². The van der Waals surface area contributed by atoms with Gasteiger partial charge >= 0.3 is 7.60 Å². The molecule has 0 aromatic rings. The van der Waals surface area contributed by atoms with Crippen molar-refractivity contribution in [3.63, 3.8) is 0 Å². The molecule has 0 radical (unpaired) electrons. The Bertz CT molecular complexity index is 504. The summed E-state index contributed by atoms with van der Waals surface area (Å²) in [6.07, 6.45) is 4.17. The third-order valence-electron chi connectivity index (χ3n) is 4.37. The van der Waals surface area contributed by atoms with Gasteiger partial charge in [-0.05, 0) is 32.4 Å². The van der Waals surface area contributed by atoms with Crippen LogP contribution in [0.4, 0.5) is 0 Å². The molecule has 0 saturated carbocycles. The zero-order chi connectivity index (χ0) is 16.5. The predicted octanol–water partition coefficient (Wildman–Crippen LogP) is 4.29. The second-order valence-electron chi connectivity index (χ2n) is 6.98. The van der Waals surface area contributed by atoms with E-state index in [0.29, 0.717) is 18.8 Å². The number of fused-ring (bicyclic) bond motifs is 1. The summed E-state index contributed by atoms with van der Waals surface area (Å²) in [7, 11) is -4.74. The maximum atomic E-state index is 13.4. The number of rotatable bonds is 6. The summed E-state index contributed by atoms with van der Waals surface area (Å²) in [5.41, 5.74) is 0.776. The van der Waals surface area contributed by atoms with E-state index in [9.17, 15) is 4.57 Å². The second kappa shape index (κ2) is 6.60. The molecule has 2 rings (SSSR count). The van der Waals surface area contributed by atoms with E-state index in [0.717, 1.165) is 5.71 Å². The number of hydrogen-bond donors (Lipinski definition) is 0. The Labute approximate surface area is 134 Å². The normalized spacial score (nSPS) is 31.6. The van der Waals surface area contributed by atoms with Gasteiger partial charge in [-0.1, -0.05) is 30.9 Å². The molecule has 0 fully saturated rings. The van der Waals surface area contributed by atoms with Gasteiger partial charge in [-0.3, -0.25) is 4.57 Å². The molecule has 7 heteroatoms. The average Bonchev–Trinajstić information content (AvgIpc) is 2.82. The fourth-order valence-electron chi connectivity index (χ4n) is 3.51. The van der Waals surface area contributed by atoms with E-state index < -0.39 is 15.7 Å². The lowest BCUT2D eigenvalue weighted by Gasteiger charge is -2.41. The predicted molar refractivity (Wildman–Crippen MR) is 92.4 cm³/mol. The highest BCUT2D eigenvalue weighted by Crippen LogP contribution is 2.61. The van der Waals surface area contributed by atoms with E-state index >= 15 is 0 Å². The van der Waals surface area contributed by atoms with Crippen molar-refractivity contribution < 1.29 is 18.5 Å². The van der Waals surface area contributed by atoms with Crippen LogP contribution in [0.5, 0.6) is 0 Å². The van der Waals surface area contributed by atoms with Gasteiger partial charge in [0.25, 0.3) is 0 Å². The quantitative estimate of drug-likeness (QED) is 0.409. The fraction of sp³-hybridized carbons (Fsp3) is 0.800. The first-order valence-electron chi connectivity index (χ1n) is 8.02. The molecule has 126 valence electrons. The molecular formula is C15H28NO4PSi. The van der Waals surface area contributed by atoms with E-state index in [1.54, 1.807) is 0 Å². The third kappa shape index (κ3) is 3.25. The lowest BCUT2D eigenvalue weighted by atomic mass is 9.96.